The van der Waals surface area contributed by atoms with E-state index in [2.05, 4.69) is 0 Å². The Morgan fingerprint density at radius 3 is 2.33 bits per heavy atom. The Labute approximate surface area is 182 Å². The molecule has 4 rings (SSSR count). The van der Waals surface area contributed by atoms with Gasteiger partial charge in [0.25, 0.3) is 11.8 Å². The van der Waals surface area contributed by atoms with Gasteiger partial charge in [-0.1, -0.05) is 23.7 Å². The number of carbonyl (C=O) groups is 2. The highest BCUT2D eigenvalue weighted by Crippen LogP contribution is 2.23. The van der Waals surface area contributed by atoms with Crippen molar-refractivity contribution in [1.82, 2.24) is 9.80 Å². The minimum absolute atomic E-state index is 0.0143. The maximum atomic E-state index is 12.8. The van der Waals surface area contributed by atoms with E-state index in [1.165, 1.54) is 0 Å². The highest BCUT2D eigenvalue weighted by atomic mass is 35.5. The summed E-state index contributed by atoms with van der Waals surface area (Å²) in [5.41, 5.74) is 1.30. The summed E-state index contributed by atoms with van der Waals surface area (Å²) >= 11 is 6.03. The van der Waals surface area contributed by atoms with Crippen molar-refractivity contribution in [2.24, 2.45) is 5.92 Å². The van der Waals surface area contributed by atoms with Gasteiger partial charge in [0, 0.05) is 48.2 Å². The van der Waals surface area contributed by atoms with Crippen LogP contribution in [0.15, 0.2) is 48.5 Å². The Hall–Kier alpha value is -2.53. The smallest absolute Gasteiger partial charge is 0.253 e. The lowest BCUT2D eigenvalue weighted by molar-refractivity contribution is 0.0632. The molecular weight excluding hydrogens is 400 g/mol. The topological polar surface area (TPSA) is 49.9 Å². The fraction of sp³-hybridized carbons (Fsp3) is 0.417. The van der Waals surface area contributed by atoms with E-state index in [1.54, 1.807) is 24.3 Å². The van der Waals surface area contributed by atoms with Crippen molar-refractivity contribution in [3.05, 3.63) is 64.7 Å². The van der Waals surface area contributed by atoms with Gasteiger partial charge >= 0.3 is 0 Å². The zero-order valence-electron chi connectivity index (χ0n) is 17.1. The van der Waals surface area contributed by atoms with E-state index in [0.29, 0.717) is 35.1 Å². The quantitative estimate of drug-likeness (QED) is 0.706. The predicted octanol–water partition coefficient (Wildman–Crippen LogP) is 4.51. The largest absolute Gasteiger partial charge is 0.493 e. The third kappa shape index (κ3) is 4.96. The number of amides is 2. The first kappa shape index (κ1) is 20.7. The maximum absolute atomic E-state index is 12.8. The van der Waals surface area contributed by atoms with E-state index >= 15 is 0 Å². The zero-order chi connectivity index (χ0) is 20.9. The van der Waals surface area contributed by atoms with Crippen LogP contribution in [0.1, 0.15) is 46.4 Å². The fourth-order valence-electron chi connectivity index (χ4n) is 4.23. The van der Waals surface area contributed by atoms with Crippen LogP contribution in [-0.4, -0.2) is 54.4 Å². The van der Waals surface area contributed by atoms with Crippen molar-refractivity contribution in [3.8, 4) is 5.75 Å². The molecule has 5 nitrogen and oxygen atoms in total. The van der Waals surface area contributed by atoms with Crippen LogP contribution in [0.3, 0.4) is 0 Å². The molecule has 30 heavy (non-hydrogen) atoms. The van der Waals surface area contributed by atoms with E-state index < -0.39 is 0 Å². The van der Waals surface area contributed by atoms with E-state index in [-0.39, 0.29) is 17.7 Å². The van der Waals surface area contributed by atoms with Crippen LogP contribution in [0.25, 0.3) is 0 Å². The predicted molar refractivity (Wildman–Crippen MR) is 117 cm³/mol. The van der Waals surface area contributed by atoms with Gasteiger partial charge in [-0.2, -0.15) is 0 Å². The first-order chi connectivity index (χ1) is 14.6. The maximum Gasteiger partial charge on any atom is 0.253 e. The van der Waals surface area contributed by atoms with Gasteiger partial charge < -0.3 is 14.5 Å². The molecule has 2 aliphatic heterocycles. The van der Waals surface area contributed by atoms with Crippen LogP contribution in [0.4, 0.5) is 0 Å². The number of rotatable bonds is 5. The number of ether oxygens (including phenoxy) is 1. The Morgan fingerprint density at radius 1 is 0.900 bits per heavy atom. The molecule has 2 fully saturated rings. The van der Waals surface area contributed by atoms with Gasteiger partial charge in [0.15, 0.2) is 0 Å². The summed E-state index contributed by atoms with van der Waals surface area (Å²) < 4.78 is 6.02. The zero-order valence-corrected chi connectivity index (χ0v) is 17.8. The van der Waals surface area contributed by atoms with Crippen LogP contribution in [0, 0.1) is 5.92 Å². The van der Waals surface area contributed by atoms with Crippen LogP contribution < -0.4 is 4.74 Å². The molecule has 2 aliphatic rings. The summed E-state index contributed by atoms with van der Waals surface area (Å²) in [4.78, 5) is 29.2. The van der Waals surface area contributed by atoms with E-state index in [0.717, 1.165) is 45.3 Å². The molecule has 2 aromatic rings. The van der Waals surface area contributed by atoms with Crippen LogP contribution in [0.5, 0.6) is 5.75 Å². The summed E-state index contributed by atoms with van der Waals surface area (Å²) in [6.07, 6.45) is 4.13. The molecule has 0 aromatic heterocycles. The van der Waals surface area contributed by atoms with Crippen molar-refractivity contribution in [3.63, 3.8) is 0 Å². The molecule has 1 atom stereocenters. The number of carbonyl (C=O) groups excluding carboxylic acids is 2. The molecule has 6 heteroatoms. The number of hydrogen-bond acceptors (Lipinski definition) is 3. The summed E-state index contributed by atoms with van der Waals surface area (Å²) in [5, 5.41) is 0.570. The average molecular weight is 427 g/mol. The lowest BCUT2D eigenvalue weighted by Gasteiger charge is -2.32. The number of hydrogen-bond donors (Lipinski definition) is 0. The first-order valence-corrected chi connectivity index (χ1v) is 11.0. The Balaban J connectivity index is 1.34. The standard InChI is InChI=1S/C24H27ClN2O3/c25-21-9-3-7-19(14-21)24(29)27-13-5-6-18(16-27)17-30-22-10-4-8-20(15-22)23(28)26-11-1-2-12-26/h3-4,7-10,14-15,18H,1-2,5-6,11-13,16-17H2/t18-/m0/s1. The molecule has 2 heterocycles. The molecule has 2 aromatic carbocycles. The van der Waals surface area contributed by atoms with E-state index in [9.17, 15) is 9.59 Å². The molecule has 0 saturated carbocycles. The lowest BCUT2D eigenvalue weighted by atomic mass is 9.98. The Kier molecular flexibility index (Phi) is 6.58. The van der Waals surface area contributed by atoms with Gasteiger partial charge in [-0.3, -0.25) is 9.59 Å². The molecule has 0 unspecified atom stereocenters. The third-order valence-corrected chi connectivity index (χ3v) is 6.07. The van der Waals surface area contributed by atoms with Crippen molar-refractivity contribution in [2.45, 2.75) is 25.7 Å². The van der Waals surface area contributed by atoms with Crippen LogP contribution >= 0.6 is 11.6 Å². The van der Waals surface area contributed by atoms with Gasteiger partial charge in [-0.05, 0) is 62.1 Å². The second-order valence-electron chi connectivity index (χ2n) is 8.11. The highest BCUT2D eigenvalue weighted by molar-refractivity contribution is 6.30. The molecule has 0 spiro atoms. The molecule has 0 N–H and O–H groups in total. The normalized spacial score (nSPS) is 19.0. The molecule has 0 aliphatic carbocycles. The SMILES string of the molecule is O=C(c1cccc(OC[C@H]2CCCN(C(=O)c3cccc(Cl)c3)C2)c1)N1CCCC1. The summed E-state index contributed by atoms with van der Waals surface area (Å²) in [6.45, 7) is 3.62. The second kappa shape index (κ2) is 9.52. The second-order valence-corrected chi connectivity index (χ2v) is 8.54. The van der Waals surface area contributed by atoms with Gasteiger partial charge in [0.05, 0.1) is 6.61 Å². The Morgan fingerprint density at radius 2 is 1.57 bits per heavy atom. The van der Waals surface area contributed by atoms with Crippen molar-refractivity contribution < 1.29 is 14.3 Å². The molecule has 0 bridgehead atoms. The van der Waals surface area contributed by atoms with Gasteiger partial charge in [0.1, 0.15) is 5.75 Å². The Bertz CT molecular complexity index is 911. The number of halogens is 1. The number of benzene rings is 2. The number of likely N-dealkylation sites (tertiary alicyclic amines) is 2. The number of nitrogens with zero attached hydrogens (tertiary/aromatic N) is 2. The van der Waals surface area contributed by atoms with Crippen molar-refractivity contribution >= 4 is 23.4 Å². The van der Waals surface area contributed by atoms with Crippen LogP contribution in [0.2, 0.25) is 5.02 Å². The van der Waals surface area contributed by atoms with Gasteiger partial charge in [-0.25, -0.2) is 0 Å². The lowest BCUT2D eigenvalue weighted by Crippen LogP contribution is -2.41. The van der Waals surface area contributed by atoms with E-state index in [4.69, 9.17) is 16.3 Å². The van der Waals surface area contributed by atoms with Gasteiger partial charge in [-0.15, -0.1) is 0 Å². The monoisotopic (exact) mass is 426 g/mol. The van der Waals surface area contributed by atoms with Crippen molar-refractivity contribution in [1.29, 1.82) is 0 Å². The van der Waals surface area contributed by atoms with Gasteiger partial charge in [0.2, 0.25) is 0 Å². The summed E-state index contributed by atoms with van der Waals surface area (Å²) in [7, 11) is 0. The molecule has 2 amide bonds. The third-order valence-electron chi connectivity index (χ3n) is 5.84. The minimum atomic E-state index is 0.0143. The highest BCUT2D eigenvalue weighted by Gasteiger charge is 2.25. The number of piperidine rings is 1. The first-order valence-electron chi connectivity index (χ1n) is 10.7. The molecule has 158 valence electrons. The summed E-state index contributed by atoms with van der Waals surface area (Å²) in [5.74, 6) is 1.06. The van der Waals surface area contributed by atoms with Crippen LogP contribution in [-0.2, 0) is 0 Å². The van der Waals surface area contributed by atoms with Crippen molar-refractivity contribution in [2.75, 3.05) is 32.8 Å². The van der Waals surface area contributed by atoms with E-state index in [1.807, 2.05) is 34.1 Å². The molecular formula is C24H27ClN2O3. The molecule has 0 radical (unpaired) electrons. The summed E-state index contributed by atoms with van der Waals surface area (Å²) in [6, 6.07) is 14.5. The molecule has 2 saturated heterocycles. The fourth-order valence-corrected chi connectivity index (χ4v) is 4.42. The minimum Gasteiger partial charge on any atom is -0.493 e. The average Bonchev–Trinajstić information content (AvgIpc) is 3.32.